The molecular formula is C31H27ClF2N6O. The predicted octanol–water partition coefficient (Wildman–Crippen LogP) is 6.16. The van der Waals surface area contributed by atoms with Crippen molar-refractivity contribution in [1.29, 1.82) is 0 Å². The zero-order valence-electron chi connectivity index (χ0n) is 22.7. The Labute approximate surface area is 241 Å². The first kappa shape index (κ1) is 27.0. The zero-order valence-corrected chi connectivity index (χ0v) is 23.4. The van der Waals surface area contributed by atoms with Gasteiger partial charge >= 0.3 is 0 Å². The average molecular weight is 573 g/mol. The van der Waals surface area contributed by atoms with Crippen LogP contribution >= 0.6 is 11.6 Å². The molecule has 1 amide bonds. The van der Waals surface area contributed by atoms with Gasteiger partial charge in [0.05, 0.1) is 17.3 Å². The van der Waals surface area contributed by atoms with Crippen LogP contribution in [0, 0.1) is 11.6 Å². The number of allylic oxidation sites excluding steroid dienone is 5. The van der Waals surface area contributed by atoms with E-state index < -0.39 is 11.6 Å². The van der Waals surface area contributed by atoms with Gasteiger partial charge < -0.3 is 10.2 Å². The van der Waals surface area contributed by atoms with E-state index in [0.29, 0.717) is 47.0 Å². The van der Waals surface area contributed by atoms with E-state index in [1.165, 1.54) is 24.3 Å². The van der Waals surface area contributed by atoms with Crippen LogP contribution in [-0.4, -0.2) is 39.2 Å². The molecule has 2 N–H and O–H groups in total. The van der Waals surface area contributed by atoms with Crippen molar-refractivity contribution in [3.63, 3.8) is 0 Å². The fourth-order valence-electron chi connectivity index (χ4n) is 5.51. The predicted molar refractivity (Wildman–Crippen MR) is 158 cm³/mol. The normalized spacial score (nSPS) is 19.7. The summed E-state index contributed by atoms with van der Waals surface area (Å²) in [7, 11) is 0. The summed E-state index contributed by atoms with van der Waals surface area (Å²) in [6.07, 6.45) is 7.08. The third-order valence-electron chi connectivity index (χ3n) is 7.25. The summed E-state index contributed by atoms with van der Waals surface area (Å²) in [6, 6.07) is 11.0. The Morgan fingerprint density at radius 1 is 1.10 bits per heavy atom. The number of anilines is 3. The highest BCUT2D eigenvalue weighted by atomic mass is 35.5. The minimum atomic E-state index is -0.695. The van der Waals surface area contributed by atoms with Crippen LogP contribution in [0.25, 0.3) is 11.1 Å². The van der Waals surface area contributed by atoms with Crippen LogP contribution in [0.5, 0.6) is 0 Å². The molecule has 1 unspecified atom stereocenters. The molecule has 1 saturated heterocycles. The fourth-order valence-corrected chi connectivity index (χ4v) is 5.66. The molecule has 10 heteroatoms. The molecule has 0 spiro atoms. The smallest absolute Gasteiger partial charge is 0.243 e. The van der Waals surface area contributed by atoms with E-state index in [2.05, 4.69) is 34.5 Å². The number of nitrogens with one attached hydrogen (secondary N) is 2. The lowest BCUT2D eigenvalue weighted by molar-refractivity contribution is -0.122. The maximum absolute atomic E-state index is 14.8. The first-order chi connectivity index (χ1) is 19.6. The molecule has 1 fully saturated rings. The molecule has 3 aliphatic rings. The second-order valence-electron chi connectivity index (χ2n) is 10.9. The molecule has 0 radical (unpaired) electrons. The van der Waals surface area contributed by atoms with Crippen LogP contribution in [0.4, 0.5) is 26.1 Å². The van der Waals surface area contributed by atoms with E-state index in [1.54, 1.807) is 17.3 Å². The third-order valence-corrected chi connectivity index (χ3v) is 7.46. The molecule has 2 aromatic carbocycles. The van der Waals surface area contributed by atoms with Gasteiger partial charge in [0.15, 0.2) is 0 Å². The fraction of sp³-hybridized carbons (Fsp3) is 0.226. The molecule has 2 aliphatic heterocycles. The third kappa shape index (κ3) is 5.18. The maximum Gasteiger partial charge on any atom is 0.243 e. The molecule has 0 saturated carbocycles. The first-order valence-corrected chi connectivity index (χ1v) is 13.6. The Bertz CT molecular complexity index is 1690. The van der Waals surface area contributed by atoms with Crippen LogP contribution in [0.2, 0.25) is 0 Å². The van der Waals surface area contributed by atoms with Crippen molar-refractivity contribution in [2.45, 2.75) is 38.8 Å². The van der Waals surface area contributed by atoms with Gasteiger partial charge in [0.25, 0.3) is 0 Å². The number of halogens is 3. The molecule has 1 atom stereocenters. The highest BCUT2D eigenvalue weighted by molar-refractivity contribution is 6.69. The number of aliphatic imine (C=N–C) groups is 1. The van der Waals surface area contributed by atoms with Crippen molar-refractivity contribution >= 4 is 51.1 Å². The number of carbonyl (C=O) groups is 1. The van der Waals surface area contributed by atoms with Crippen molar-refractivity contribution in [3.8, 4) is 0 Å². The van der Waals surface area contributed by atoms with Crippen LogP contribution < -0.4 is 15.5 Å². The zero-order chi connectivity index (χ0) is 28.9. The van der Waals surface area contributed by atoms with Crippen molar-refractivity contribution in [2.75, 3.05) is 16.8 Å². The maximum atomic E-state index is 14.8. The minimum absolute atomic E-state index is 0.000451. The molecule has 41 heavy (non-hydrogen) atoms. The van der Waals surface area contributed by atoms with Crippen LogP contribution in [0.15, 0.2) is 77.6 Å². The van der Waals surface area contributed by atoms with Crippen molar-refractivity contribution < 1.29 is 13.6 Å². The summed E-state index contributed by atoms with van der Waals surface area (Å²) in [4.78, 5) is 28.3. The van der Waals surface area contributed by atoms with Crippen molar-refractivity contribution in [3.05, 3.63) is 101 Å². The number of fused-ring (bicyclic) bond motifs is 3. The molecule has 1 aromatic heterocycles. The van der Waals surface area contributed by atoms with Gasteiger partial charge in [0, 0.05) is 47.0 Å². The summed E-state index contributed by atoms with van der Waals surface area (Å²) in [5.41, 5.74) is 3.94. The van der Waals surface area contributed by atoms with E-state index in [4.69, 9.17) is 16.6 Å². The highest BCUT2D eigenvalue weighted by Gasteiger charge is 2.36. The SMILES string of the molecule is CC1NC(C)(C)CN(c2cccc(Nc3ncc4c(n3)C3=CN=C(Cl)C=C(c5c(F)cccc5F)C3=CC4)c2)C1=O. The van der Waals surface area contributed by atoms with E-state index in [-0.39, 0.29) is 28.2 Å². The van der Waals surface area contributed by atoms with Gasteiger partial charge in [-0.25, -0.2) is 23.7 Å². The Morgan fingerprint density at radius 3 is 2.63 bits per heavy atom. The quantitative estimate of drug-likeness (QED) is 0.391. The van der Waals surface area contributed by atoms with Crippen LogP contribution in [0.3, 0.4) is 0 Å². The molecule has 1 aliphatic carbocycles. The average Bonchev–Trinajstić information content (AvgIpc) is 3.09. The molecular weight excluding hydrogens is 546 g/mol. The van der Waals surface area contributed by atoms with Crippen LogP contribution in [-0.2, 0) is 11.2 Å². The summed E-state index contributed by atoms with van der Waals surface area (Å²) in [5, 5.41) is 6.67. The number of rotatable bonds is 4. The second kappa shape index (κ2) is 10.3. The summed E-state index contributed by atoms with van der Waals surface area (Å²) >= 11 is 6.30. The Balaban J connectivity index is 1.33. The van der Waals surface area contributed by atoms with E-state index >= 15 is 0 Å². The van der Waals surface area contributed by atoms with Crippen LogP contribution in [0.1, 0.15) is 37.6 Å². The largest absolute Gasteiger partial charge is 0.324 e. The lowest BCUT2D eigenvalue weighted by Gasteiger charge is -2.42. The summed E-state index contributed by atoms with van der Waals surface area (Å²) < 4.78 is 29.7. The summed E-state index contributed by atoms with van der Waals surface area (Å²) in [6.45, 7) is 6.52. The topological polar surface area (TPSA) is 82.5 Å². The van der Waals surface area contributed by atoms with E-state index in [1.807, 2.05) is 37.3 Å². The number of nitrogens with zero attached hydrogens (tertiary/aromatic N) is 4. The van der Waals surface area contributed by atoms with Gasteiger partial charge in [-0.3, -0.25) is 10.1 Å². The Hall–Kier alpha value is -4.21. The number of carbonyl (C=O) groups excluding carboxylic acids is 1. The molecule has 7 nitrogen and oxygen atoms in total. The van der Waals surface area contributed by atoms with E-state index in [9.17, 15) is 13.6 Å². The minimum Gasteiger partial charge on any atom is -0.324 e. The second-order valence-corrected chi connectivity index (χ2v) is 11.3. The van der Waals surface area contributed by atoms with Gasteiger partial charge in [-0.2, -0.15) is 0 Å². The van der Waals surface area contributed by atoms with Gasteiger partial charge in [-0.1, -0.05) is 29.8 Å². The molecule has 0 bridgehead atoms. The molecule has 3 heterocycles. The van der Waals surface area contributed by atoms with Gasteiger partial charge in [-0.15, -0.1) is 0 Å². The number of hydrogen-bond donors (Lipinski definition) is 2. The number of aromatic nitrogens is 2. The monoisotopic (exact) mass is 572 g/mol. The van der Waals surface area contributed by atoms with Gasteiger partial charge in [0.1, 0.15) is 16.8 Å². The number of benzene rings is 2. The summed E-state index contributed by atoms with van der Waals surface area (Å²) in [5.74, 6) is -1.07. The Morgan fingerprint density at radius 2 is 1.85 bits per heavy atom. The Kier molecular flexibility index (Phi) is 6.79. The van der Waals surface area contributed by atoms with Gasteiger partial charge in [-0.05, 0) is 74.7 Å². The van der Waals surface area contributed by atoms with Gasteiger partial charge in [0.2, 0.25) is 11.9 Å². The molecule has 208 valence electrons. The number of hydrogen-bond acceptors (Lipinski definition) is 6. The lowest BCUT2D eigenvalue weighted by Crippen LogP contribution is -2.64. The van der Waals surface area contributed by atoms with Crippen molar-refractivity contribution in [1.82, 2.24) is 15.3 Å². The molecule has 6 rings (SSSR count). The molecule has 3 aromatic rings. The first-order valence-electron chi connectivity index (χ1n) is 13.2. The van der Waals surface area contributed by atoms with Crippen molar-refractivity contribution in [2.24, 2.45) is 4.99 Å². The standard InChI is InChI=1S/C31H27ClF2N6O/c1-17-29(41)40(16-31(2,3)39-17)20-7-4-6-19(12-20)37-30-36-14-18-10-11-21-22(27-24(33)8-5-9-25(27)34)13-26(32)35-15-23(21)28(18)38-30/h4-9,11-15,17,39H,10,16H2,1-3H3,(H,36,37,38). The number of amides is 1. The highest BCUT2D eigenvalue weighted by Crippen LogP contribution is 2.41. The van der Waals surface area contributed by atoms with E-state index in [0.717, 1.165) is 11.3 Å². The lowest BCUT2D eigenvalue weighted by atomic mass is 9.84. The number of piperazine rings is 1.